The van der Waals surface area contributed by atoms with Gasteiger partial charge in [-0.25, -0.2) is 21.9 Å². The Morgan fingerprint density at radius 1 is 1.20 bits per heavy atom. The molecule has 1 fully saturated rings. The number of hydrogen-bond donors (Lipinski definition) is 1. The molecule has 1 N–H and O–H groups in total. The van der Waals surface area contributed by atoms with Gasteiger partial charge < -0.3 is 4.57 Å². The van der Waals surface area contributed by atoms with Crippen LogP contribution in [0.25, 0.3) is 22.2 Å². The van der Waals surface area contributed by atoms with Crippen molar-refractivity contribution < 1.29 is 17.2 Å². The van der Waals surface area contributed by atoms with E-state index in [1.165, 1.54) is 0 Å². The Morgan fingerprint density at radius 3 is 2.57 bits per heavy atom. The van der Waals surface area contributed by atoms with Crippen LogP contribution in [-0.4, -0.2) is 23.2 Å². The fourth-order valence-electron chi connectivity index (χ4n) is 3.60. The Morgan fingerprint density at radius 2 is 1.93 bits per heavy atom. The monoisotopic (exact) mass is 433 g/mol. The van der Waals surface area contributed by atoms with E-state index in [1.54, 1.807) is 6.07 Å². The van der Waals surface area contributed by atoms with Gasteiger partial charge in [0.15, 0.2) is 5.82 Å². The van der Waals surface area contributed by atoms with E-state index in [4.69, 9.17) is 0 Å². The summed E-state index contributed by atoms with van der Waals surface area (Å²) in [5.41, 5.74) is 2.31. The van der Waals surface area contributed by atoms with Gasteiger partial charge in [0.05, 0.1) is 11.4 Å². The van der Waals surface area contributed by atoms with Gasteiger partial charge in [-0.3, -0.25) is 4.98 Å². The number of rotatable bonds is 6. The van der Waals surface area contributed by atoms with E-state index in [2.05, 4.69) is 35.0 Å². The Hall–Kier alpha value is -2.32. The van der Waals surface area contributed by atoms with Crippen LogP contribution in [0.3, 0.4) is 0 Å². The minimum atomic E-state index is -3.30. The summed E-state index contributed by atoms with van der Waals surface area (Å²) < 4.78 is 56.8. The fraction of sp³-hybridized carbons (Fsp3) is 0.409. The lowest BCUT2D eigenvalue weighted by atomic mass is 9.97. The third-order valence-corrected chi connectivity index (χ3v) is 7.01. The highest BCUT2D eigenvalue weighted by atomic mass is 32.2. The van der Waals surface area contributed by atoms with Crippen molar-refractivity contribution in [3.8, 4) is 11.3 Å². The average Bonchev–Trinajstić information content (AvgIpc) is 3.45. The van der Waals surface area contributed by atoms with Crippen LogP contribution in [0.15, 0.2) is 36.7 Å². The normalized spacial score (nSPS) is 15.1. The van der Waals surface area contributed by atoms with Crippen LogP contribution in [0.1, 0.15) is 39.2 Å². The lowest BCUT2D eigenvalue weighted by Gasteiger charge is -2.20. The number of aromatic nitrogens is 2. The molecule has 4 rings (SSSR count). The first-order chi connectivity index (χ1) is 14.0. The molecule has 8 heteroatoms. The second kappa shape index (κ2) is 7.42. The van der Waals surface area contributed by atoms with E-state index in [9.17, 15) is 17.2 Å². The Balaban J connectivity index is 1.76. The highest BCUT2D eigenvalue weighted by Gasteiger charge is 2.35. The zero-order valence-corrected chi connectivity index (χ0v) is 18.1. The highest BCUT2D eigenvalue weighted by molar-refractivity contribution is 7.90. The smallest absolute Gasteiger partial charge is 0.214 e. The molecule has 1 aromatic carbocycles. The van der Waals surface area contributed by atoms with Crippen LogP contribution in [0, 0.1) is 17.0 Å². The van der Waals surface area contributed by atoms with Crippen LogP contribution >= 0.6 is 0 Å². The second-order valence-electron chi connectivity index (χ2n) is 9.12. The van der Waals surface area contributed by atoms with Gasteiger partial charge in [-0.05, 0) is 29.9 Å². The molecule has 0 unspecified atom stereocenters. The molecule has 1 aliphatic rings. The molecule has 3 aromatic rings. The molecule has 5 nitrogen and oxygen atoms in total. The molecule has 0 spiro atoms. The first-order valence-corrected chi connectivity index (χ1v) is 11.5. The first-order valence-electron chi connectivity index (χ1n) is 9.95. The van der Waals surface area contributed by atoms with Gasteiger partial charge in [-0.1, -0.05) is 32.9 Å². The predicted molar refractivity (Wildman–Crippen MR) is 113 cm³/mol. The summed E-state index contributed by atoms with van der Waals surface area (Å²) >= 11 is 0. The molecule has 0 bridgehead atoms. The topological polar surface area (TPSA) is 64.0 Å². The minimum absolute atomic E-state index is 0.0217. The van der Waals surface area contributed by atoms with Crippen LogP contribution in [0.4, 0.5) is 8.78 Å². The van der Waals surface area contributed by atoms with Gasteiger partial charge in [0.2, 0.25) is 10.0 Å². The first kappa shape index (κ1) is 20.9. The molecule has 0 amide bonds. The summed E-state index contributed by atoms with van der Waals surface area (Å²) in [7, 11) is -3.30. The number of sulfonamides is 1. The largest absolute Gasteiger partial charge is 0.347 e. The average molecular weight is 434 g/mol. The third kappa shape index (κ3) is 4.39. The maximum Gasteiger partial charge on any atom is 0.214 e. The summed E-state index contributed by atoms with van der Waals surface area (Å²) in [6.45, 7) is 7.23. The number of nitrogens with one attached hydrogen (secondary N) is 1. The maximum absolute atomic E-state index is 14.3. The van der Waals surface area contributed by atoms with Crippen molar-refractivity contribution in [1.29, 1.82) is 0 Å². The van der Waals surface area contributed by atoms with Gasteiger partial charge >= 0.3 is 0 Å². The van der Waals surface area contributed by atoms with Crippen molar-refractivity contribution in [1.82, 2.24) is 14.3 Å². The van der Waals surface area contributed by atoms with E-state index in [0.29, 0.717) is 24.9 Å². The number of nitrogens with zero attached hydrogens (tertiary/aromatic N) is 2. The molecule has 0 atom stereocenters. The third-order valence-electron chi connectivity index (χ3n) is 5.12. The van der Waals surface area contributed by atoms with Gasteiger partial charge in [0, 0.05) is 41.8 Å². The van der Waals surface area contributed by atoms with E-state index in [-0.39, 0.29) is 22.9 Å². The molecule has 0 saturated heterocycles. The van der Waals surface area contributed by atoms with Gasteiger partial charge in [-0.15, -0.1) is 0 Å². The summed E-state index contributed by atoms with van der Waals surface area (Å²) in [6.07, 6.45) is 4.36. The standard InChI is InChI=1S/C22H25F2N3O2S/c1-22(2,3)13-27-12-15(10-26-30(28,29)17-5-6-17)18-7-4-14(8-20(18)27)21-19(24)9-16(23)11-25-21/h4,7-9,11-12,17,26H,5-6,10,13H2,1-3H3. The Kier molecular flexibility index (Phi) is 5.18. The van der Waals surface area contributed by atoms with Crippen molar-refractivity contribution in [3.63, 3.8) is 0 Å². The molecular formula is C22H25F2N3O2S. The molecule has 1 aliphatic carbocycles. The fourth-order valence-corrected chi connectivity index (χ4v) is 4.95. The number of hydrogen-bond acceptors (Lipinski definition) is 3. The number of benzene rings is 1. The van der Waals surface area contributed by atoms with Crippen LogP contribution in [-0.2, 0) is 23.1 Å². The zero-order valence-electron chi connectivity index (χ0n) is 17.2. The van der Waals surface area contributed by atoms with E-state index < -0.39 is 21.7 Å². The van der Waals surface area contributed by atoms with Crippen molar-refractivity contribution in [3.05, 3.63) is 53.9 Å². The summed E-state index contributed by atoms with van der Waals surface area (Å²) in [4.78, 5) is 3.91. The maximum atomic E-state index is 14.3. The predicted octanol–water partition coefficient (Wildman–Crippen LogP) is 4.61. The molecule has 30 heavy (non-hydrogen) atoms. The second-order valence-corrected chi connectivity index (χ2v) is 11.2. The number of halogens is 2. The van der Waals surface area contributed by atoms with Crippen molar-refractivity contribution >= 4 is 20.9 Å². The van der Waals surface area contributed by atoms with Crippen LogP contribution in [0.5, 0.6) is 0 Å². The SMILES string of the molecule is CC(C)(C)Cn1cc(CNS(=O)(=O)C2CC2)c2ccc(-c3ncc(F)cc3F)cc21. The van der Waals surface area contributed by atoms with Crippen molar-refractivity contribution in [2.75, 3.05) is 0 Å². The molecule has 0 radical (unpaired) electrons. The Labute approximate surface area is 175 Å². The van der Waals surface area contributed by atoms with Crippen LogP contribution < -0.4 is 4.72 Å². The number of fused-ring (bicyclic) bond motifs is 1. The zero-order chi connectivity index (χ0) is 21.7. The molecule has 0 aliphatic heterocycles. The van der Waals surface area contributed by atoms with E-state index in [1.807, 2.05) is 18.3 Å². The quantitative estimate of drug-likeness (QED) is 0.618. The van der Waals surface area contributed by atoms with Crippen molar-refractivity contribution in [2.24, 2.45) is 5.41 Å². The Bertz CT molecular complexity index is 1210. The van der Waals surface area contributed by atoms with Gasteiger partial charge in [-0.2, -0.15) is 0 Å². The van der Waals surface area contributed by atoms with Crippen molar-refractivity contribution in [2.45, 2.75) is 52.0 Å². The van der Waals surface area contributed by atoms with Gasteiger partial charge in [0.1, 0.15) is 11.5 Å². The number of pyridine rings is 1. The molecule has 2 aromatic heterocycles. The van der Waals surface area contributed by atoms with Crippen LogP contribution in [0.2, 0.25) is 0 Å². The lowest BCUT2D eigenvalue weighted by molar-refractivity contribution is 0.349. The molecule has 160 valence electrons. The molecular weight excluding hydrogens is 408 g/mol. The molecule has 2 heterocycles. The molecule has 1 saturated carbocycles. The highest BCUT2D eigenvalue weighted by Crippen LogP contribution is 2.32. The van der Waals surface area contributed by atoms with Gasteiger partial charge in [0.25, 0.3) is 0 Å². The minimum Gasteiger partial charge on any atom is -0.347 e. The summed E-state index contributed by atoms with van der Waals surface area (Å²) in [5, 5.41) is 0.614. The summed E-state index contributed by atoms with van der Waals surface area (Å²) in [6, 6.07) is 6.21. The lowest BCUT2D eigenvalue weighted by Crippen LogP contribution is -2.26. The van der Waals surface area contributed by atoms with E-state index in [0.717, 1.165) is 28.7 Å². The summed E-state index contributed by atoms with van der Waals surface area (Å²) in [5.74, 6) is -1.45. The van der Waals surface area contributed by atoms with E-state index >= 15 is 0 Å².